The van der Waals surface area contributed by atoms with E-state index in [1.807, 2.05) is 30.5 Å². The molecule has 55 heavy (non-hydrogen) atoms. The maximum absolute atomic E-state index is 6.79. The van der Waals surface area contributed by atoms with Gasteiger partial charge in [-0.2, -0.15) is 0 Å². The van der Waals surface area contributed by atoms with Gasteiger partial charge < -0.3 is 4.42 Å². The smallest absolute Gasteiger partial charge is 0.135 e. The maximum atomic E-state index is 6.79. The molecule has 1 aromatic heterocycles. The third-order valence-electron chi connectivity index (χ3n) is 12.2. The normalized spacial score (nSPS) is 24.2. The minimum Gasteiger partial charge on any atom is -0.456 e. The van der Waals surface area contributed by atoms with Crippen LogP contribution in [-0.4, -0.2) is 12.1 Å². The Kier molecular flexibility index (Phi) is 8.71. The van der Waals surface area contributed by atoms with Gasteiger partial charge in [-0.1, -0.05) is 157 Å². The molecular weight excluding hydrogens is 669 g/mol. The molecule has 10 rings (SSSR count). The Hall–Kier alpha value is -6.06. The van der Waals surface area contributed by atoms with Gasteiger partial charge in [0.25, 0.3) is 0 Å². The first-order chi connectivity index (χ1) is 27.3. The summed E-state index contributed by atoms with van der Waals surface area (Å²) in [7, 11) is 0. The van der Waals surface area contributed by atoms with Crippen molar-refractivity contribution in [1.82, 2.24) is 0 Å². The molecule has 0 spiro atoms. The van der Waals surface area contributed by atoms with Crippen molar-refractivity contribution < 1.29 is 4.42 Å². The summed E-state index contributed by atoms with van der Waals surface area (Å²) in [5.74, 6) is 1.46. The average Bonchev–Trinajstić information content (AvgIpc) is 3.76. The number of aliphatic imine (C=N–C) groups is 2. The molecule has 5 aromatic rings. The van der Waals surface area contributed by atoms with Crippen LogP contribution in [-0.2, 0) is 12.0 Å². The van der Waals surface area contributed by atoms with E-state index in [4.69, 9.17) is 14.4 Å². The highest BCUT2D eigenvalue weighted by Crippen LogP contribution is 2.60. The highest BCUT2D eigenvalue weighted by molar-refractivity contribution is 5.98. The molecule has 5 aliphatic carbocycles. The monoisotopic (exact) mass is 712 g/mol. The summed E-state index contributed by atoms with van der Waals surface area (Å²) in [6, 6.07) is 38.7. The summed E-state index contributed by atoms with van der Waals surface area (Å²) < 4.78 is 6.79. The predicted molar refractivity (Wildman–Crippen MR) is 228 cm³/mol. The number of hydrogen-bond donors (Lipinski definition) is 0. The molecule has 0 saturated heterocycles. The molecule has 0 N–H and O–H groups in total. The number of rotatable bonds is 7. The van der Waals surface area contributed by atoms with E-state index in [0.717, 1.165) is 54.5 Å². The van der Waals surface area contributed by atoms with Crippen LogP contribution in [0.5, 0.6) is 0 Å². The lowest BCUT2D eigenvalue weighted by molar-refractivity contribution is 0.445. The van der Waals surface area contributed by atoms with E-state index in [2.05, 4.69) is 146 Å². The van der Waals surface area contributed by atoms with Crippen LogP contribution in [0.1, 0.15) is 54.4 Å². The van der Waals surface area contributed by atoms with E-state index in [1.54, 1.807) is 5.57 Å². The second kappa shape index (κ2) is 14.3. The standard InChI is InChI=1S/C52H44N2O/c1-5-16-36(17-6-1)34-53-51(54-35-37-18-7-2-8-19-37)40-21-15-20-38(30-40)39-28-29-49-45(31-39)46-32-44-43-26-13-14-27-47(43)52(41-22-9-3-10-23-41,42-24-11-4-12-25-42)48(44)33-50(46)55-49/h1-3,5-11,14-25,27-29,31-34,40,44,48H,4,12-13,26,30,35H2/b53-34+,54-51-. The molecule has 3 nitrogen and oxygen atoms in total. The lowest BCUT2D eigenvalue weighted by Crippen LogP contribution is -2.41. The van der Waals surface area contributed by atoms with Gasteiger partial charge in [-0.15, -0.1) is 0 Å². The molecule has 5 aliphatic rings. The van der Waals surface area contributed by atoms with Crippen molar-refractivity contribution >= 4 is 40.7 Å². The van der Waals surface area contributed by atoms with Crippen LogP contribution in [0, 0.1) is 17.8 Å². The van der Waals surface area contributed by atoms with Crippen LogP contribution in [0.3, 0.4) is 0 Å². The number of fused-ring (bicyclic) bond motifs is 5. The molecule has 4 unspecified atom stereocenters. The molecule has 0 saturated carbocycles. The van der Waals surface area contributed by atoms with E-state index in [0.29, 0.717) is 12.5 Å². The lowest BCUT2D eigenvalue weighted by atomic mass is 9.61. The first-order valence-electron chi connectivity index (χ1n) is 19.9. The van der Waals surface area contributed by atoms with Crippen molar-refractivity contribution in [2.45, 2.75) is 44.1 Å². The van der Waals surface area contributed by atoms with Gasteiger partial charge in [0.1, 0.15) is 16.8 Å². The molecule has 0 bridgehead atoms. The zero-order valence-corrected chi connectivity index (χ0v) is 31.0. The van der Waals surface area contributed by atoms with Gasteiger partial charge >= 0.3 is 0 Å². The Bertz CT molecular complexity index is 2650. The average molecular weight is 713 g/mol. The number of hydrogen-bond acceptors (Lipinski definition) is 2. The Labute approximate surface area is 323 Å². The molecule has 0 fully saturated rings. The number of amidine groups is 1. The van der Waals surface area contributed by atoms with Crippen molar-refractivity contribution in [2.75, 3.05) is 0 Å². The third kappa shape index (κ3) is 5.99. The van der Waals surface area contributed by atoms with Crippen molar-refractivity contribution in [3.8, 4) is 0 Å². The quantitative estimate of drug-likeness (QED) is 0.122. The first-order valence-corrected chi connectivity index (χ1v) is 19.9. The topological polar surface area (TPSA) is 37.9 Å². The van der Waals surface area contributed by atoms with Gasteiger partial charge in [0.15, 0.2) is 0 Å². The van der Waals surface area contributed by atoms with Gasteiger partial charge in [-0.25, -0.2) is 4.99 Å². The number of nitrogens with zero attached hydrogens (tertiary/aromatic N) is 2. The maximum Gasteiger partial charge on any atom is 0.135 e. The van der Waals surface area contributed by atoms with Crippen molar-refractivity contribution in [2.24, 2.45) is 27.7 Å². The minimum atomic E-state index is -0.246. The highest BCUT2D eigenvalue weighted by Gasteiger charge is 2.54. The summed E-state index contributed by atoms with van der Waals surface area (Å²) in [6.45, 7) is 0.598. The molecule has 3 heteroatoms. The Morgan fingerprint density at radius 1 is 0.818 bits per heavy atom. The number of furan rings is 1. The summed E-state index contributed by atoms with van der Waals surface area (Å²) in [4.78, 5) is 10.1. The molecule has 4 aromatic carbocycles. The largest absolute Gasteiger partial charge is 0.456 e. The van der Waals surface area contributed by atoms with Crippen molar-refractivity contribution in [1.29, 1.82) is 0 Å². The van der Waals surface area contributed by atoms with Crippen LogP contribution in [0.25, 0.3) is 28.7 Å². The molecular formula is C52H44N2O. The van der Waals surface area contributed by atoms with E-state index in [1.165, 1.54) is 44.0 Å². The second-order valence-electron chi connectivity index (χ2n) is 15.4. The van der Waals surface area contributed by atoms with Crippen molar-refractivity contribution in [3.05, 3.63) is 207 Å². The summed E-state index contributed by atoms with van der Waals surface area (Å²) in [5.41, 5.74) is 12.3. The van der Waals surface area contributed by atoms with Gasteiger partial charge in [0.05, 0.1) is 12.0 Å². The van der Waals surface area contributed by atoms with Crippen LogP contribution in [0.4, 0.5) is 0 Å². The van der Waals surface area contributed by atoms with Crippen molar-refractivity contribution in [3.63, 3.8) is 0 Å². The molecule has 4 atom stereocenters. The first kappa shape index (κ1) is 33.5. The number of allylic oxidation sites excluding steroid dienone is 11. The molecule has 268 valence electrons. The molecule has 0 aliphatic heterocycles. The fourth-order valence-corrected chi connectivity index (χ4v) is 9.71. The Balaban J connectivity index is 1.03. The summed E-state index contributed by atoms with van der Waals surface area (Å²) in [6.07, 6.45) is 31.0. The Morgan fingerprint density at radius 3 is 2.44 bits per heavy atom. The van der Waals surface area contributed by atoms with Gasteiger partial charge in [0.2, 0.25) is 0 Å². The fraction of sp³-hybridized carbons (Fsp3) is 0.192. The lowest BCUT2D eigenvalue weighted by Gasteiger charge is -2.41. The minimum absolute atomic E-state index is 0.0655. The van der Waals surface area contributed by atoms with Crippen LogP contribution < -0.4 is 10.6 Å². The van der Waals surface area contributed by atoms with Gasteiger partial charge in [-0.05, 0) is 89.3 Å². The van der Waals surface area contributed by atoms with Crippen LogP contribution in [0.2, 0.25) is 0 Å². The highest BCUT2D eigenvalue weighted by atomic mass is 16.3. The van der Waals surface area contributed by atoms with E-state index in [9.17, 15) is 0 Å². The third-order valence-corrected chi connectivity index (χ3v) is 12.2. The number of benzene rings is 4. The second-order valence-corrected chi connectivity index (χ2v) is 15.4. The zero-order chi connectivity index (χ0) is 36.6. The fourth-order valence-electron chi connectivity index (χ4n) is 9.71. The van der Waals surface area contributed by atoms with Crippen LogP contribution in [0.15, 0.2) is 189 Å². The van der Waals surface area contributed by atoms with Crippen LogP contribution >= 0.6 is 0 Å². The van der Waals surface area contributed by atoms with E-state index >= 15 is 0 Å². The predicted octanol–water partition coefficient (Wildman–Crippen LogP) is 10.8. The summed E-state index contributed by atoms with van der Waals surface area (Å²) in [5, 5.41) is 2.43. The molecule has 0 amide bonds. The van der Waals surface area contributed by atoms with E-state index in [-0.39, 0.29) is 17.3 Å². The zero-order valence-electron chi connectivity index (χ0n) is 31.0. The van der Waals surface area contributed by atoms with E-state index < -0.39 is 0 Å². The van der Waals surface area contributed by atoms with Gasteiger partial charge in [0, 0.05) is 34.6 Å². The molecule has 1 heterocycles. The Morgan fingerprint density at radius 2 is 1.62 bits per heavy atom. The summed E-state index contributed by atoms with van der Waals surface area (Å²) >= 11 is 0. The molecule has 0 radical (unpaired) electrons. The van der Waals surface area contributed by atoms with Gasteiger partial charge in [-0.3, -0.25) is 4.99 Å². The SMILES string of the molecule is C1=CC(C(=N/Cc2ccccc2)/N=C/c2ccccc2)CC(c2ccc3oc4c(c3c2)=CC2C3=C(C=CCC3)C(C3=CCCC=C3)(c3ccccc3)C2C=4)=C1.